The number of anilines is 2. The van der Waals surface area contributed by atoms with Gasteiger partial charge >= 0.3 is 4.87 Å². The predicted molar refractivity (Wildman–Crippen MR) is 162 cm³/mol. The molecule has 0 saturated heterocycles. The number of rotatable bonds is 6. The molecule has 1 aliphatic rings. The van der Waals surface area contributed by atoms with Gasteiger partial charge in [0.05, 0.1) is 34.5 Å². The third-order valence-electron chi connectivity index (χ3n) is 7.03. The van der Waals surface area contributed by atoms with Crippen molar-refractivity contribution in [3.8, 4) is 11.5 Å². The van der Waals surface area contributed by atoms with Crippen LogP contribution in [0.5, 0.6) is 11.5 Å². The Labute approximate surface area is 243 Å². The largest absolute Gasteiger partial charge is 0.497 e. The van der Waals surface area contributed by atoms with Crippen molar-refractivity contribution < 1.29 is 22.7 Å². The maximum absolute atomic E-state index is 13.9. The van der Waals surface area contributed by atoms with Crippen LogP contribution in [0.2, 0.25) is 0 Å². The zero-order chi connectivity index (χ0) is 29.7. The Balaban J connectivity index is 1.50. The number of amides is 1. The second kappa shape index (κ2) is 10.5. The number of nitrogens with zero attached hydrogens (tertiary/aromatic N) is 2. The zero-order valence-electron chi connectivity index (χ0n) is 23.8. The van der Waals surface area contributed by atoms with Crippen molar-refractivity contribution in [2.24, 2.45) is 0 Å². The van der Waals surface area contributed by atoms with Crippen LogP contribution in [0.3, 0.4) is 0 Å². The minimum Gasteiger partial charge on any atom is -0.497 e. The third-order valence-corrected chi connectivity index (χ3v) is 9.74. The smallest absolute Gasteiger partial charge is 0.308 e. The first-order chi connectivity index (χ1) is 19.3. The lowest BCUT2D eigenvalue weighted by atomic mass is 9.86. The molecule has 41 heavy (non-hydrogen) atoms. The molecule has 9 nitrogen and oxygen atoms in total. The Kier molecular flexibility index (Phi) is 7.37. The van der Waals surface area contributed by atoms with Crippen LogP contribution in [0.1, 0.15) is 46.2 Å². The number of hydrogen-bond donors (Lipinski definition) is 1. The first kappa shape index (κ1) is 28.7. The second-order valence-corrected chi connectivity index (χ2v) is 14.1. The summed E-state index contributed by atoms with van der Waals surface area (Å²) in [6.45, 7) is 9.79. The van der Waals surface area contributed by atoms with E-state index in [4.69, 9.17) is 9.47 Å². The summed E-state index contributed by atoms with van der Waals surface area (Å²) in [4.78, 5) is 25.9. The molecule has 0 saturated carbocycles. The van der Waals surface area contributed by atoms with Gasteiger partial charge in [-0.25, -0.2) is 8.42 Å². The van der Waals surface area contributed by atoms with Gasteiger partial charge in [0.15, 0.2) is 6.10 Å². The van der Waals surface area contributed by atoms with E-state index in [1.807, 2.05) is 40.7 Å². The van der Waals surface area contributed by atoms with E-state index in [9.17, 15) is 18.0 Å². The van der Waals surface area contributed by atoms with Crippen molar-refractivity contribution in [1.29, 1.82) is 0 Å². The number of carbonyl (C=O) groups excluding carboxylic acids is 1. The molecule has 0 radical (unpaired) electrons. The van der Waals surface area contributed by atoms with Crippen molar-refractivity contribution in [3.05, 3.63) is 75.9 Å². The van der Waals surface area contributed by atoms with Crippen molar-refractivity contribution in [1.82, 2.24) is 4.57 Å². The van der Waals surface area contributed by atoms with Crippen LogP contribution < -0.4 is 24.0 Å². The minimum atomic E-state index is -4.06. The van der Waals surface area contributed by atoms with E-state index in [0.29, 0.717) is 22.9 Å². The van der Waals surface area contributed by atoms with Crippen LogP contribution in [0, 0.1) is 0 Å². The highest BCUT2D eigenvalue weighted by Crippen LogP contribution is 2.40. The lowest BCUT2D eigenvalue weighted by Crippen LogP contribution is -2.49. The Morgan fingerprint density at radius 1 is 1.07 bits per heavy atom. The summed E-state index contributed by atoms with van der Waals surface area (Å²) in [6.07, 6.45) is -1.12. The van der Waals surface area contributed by atoms with E-state index in [2.05, 4.69) is 5.32 Å². The molecule has 1 aromatic heterocycles. The molecule has 0 fully saturated rings. The number of sulfonamides is 1. The van der Waals surface area contributed by atoms with Gasteiger partial charge in [-0.3, -0.25) is 18.5 Å². The van der Waals surface area contributed by atoms with Gasteiger partial charge in [0, 0.05) is 11.7 Å². The lowest BCUT2D eigenvalue weighted by Gasteiger charge is -2.36. The number of ether oxygens (including phenoxy) is 2. The molecule has 3 aromatic carbocycles. The molecule has 216 valence electrons. The number of methoxy groups -OCH3 is 1. The molecule has 2 heterocycles. The number of nitrogens with one attached hydrogen (secondary N) is 1. The molecule has 4 aromatic rings. The summed E-state index contributed by atoms with van der Waals surface area (Å²) in [5, 5.41) is 2.85. The van der Waals surface area contributed by atoms with Gasteiger partial charge < -0.3 is 14.8 Å². The average molecular weight is 596 g/mol. The summed E-state index contributed by atoms with van der Waals surface area (Å²) >= 11 is 1.11. The van der Waals surface area contributed by atoms with Crippen LogP contribution in [0.4, 0.5) is 11.4 Å². The first-order valence-corrected chi connectivity index (χ1v) is 15.5. The molecule has 1 atom stereocenters. The molecule has 1 amide bonds. The fraction of sp³-hybridized carbons (Fsp3) is 0.333. The quantitative estimate of drug-likeness (QED) is 0.314. The number of carbonyl (C=O) groups is 1. The molecule has 0 spiro atoms. The van der Waals surface area contributed by atoms with E-state index in [0.717, 1.165) is 27.1 Å². The van der Waals surface area contributed by atoms with Gasteiger partial charge in [-0.05, 0) is 79.4 Å². The molecule has 1 aliphatic heterocycles. The minimum absolute atomic E-state index is 0.00447. The summed E-state index contributed by atoms with van der Waals surface area (Å²) in [7, 11) is -2.55. The van der Waals surface area contributed by atoms with Gasteiger partial charge in [0.1, 0.15) is 11.5 Å². The molecular weight excluding hydrogens is 562 g/mol. The highest BCUT2D eigenvalue weighted by atomic mass is 32.2. The van der Waals surface area contributed by atoms with E-state index in [1.54, 1.807) is 47.0 Å². The summed E-state index contributed by atoms with van der Waals surface area (Å²) in [5.41, 5.74) is 2.34. The fourth-order valence-corrected chi connectivity index (χ4v) is 7.30. The standard InChI is InChI=1S/C30H33N3O6S2/c1-18(2)33-23-13-8-20(16-27(23)40-29(33)35)31-28(34)26-17-32(41(36,37)22-11-9-21(38-6)10-12-22)24-15-19(30(3,4)5)7-14-25(24)39-26/h7-16,18,26H,17H2,1-6H3,(H,31,34). The van der Waals surface area contributed by atoms with Crippen LogP contribution >= 0.6 is 11.3 Å². The monoisotopic (exact) mass is 595 g/mol. The van der Waals surface area contributed by atoms with Crippen LogP contribution in [0.15, 0.2) is 70.4 Å². The van der Waals surface area contributed by atoms with E-state index < -0.39 is 22.0 Å². The van der Waals surface area contributed by atoms with Crippen molar-refractivity contribution in [2.75, 3.05) is 23.3 Å². The highest BCUT2D eigenvalue weighted by Gasteiger charge is 2.38. The molecule has 0 aliphatic carbocycles. The van der Waals surface area contributed by atoms with Crippen LogP contribution in [0.25, 0.3) is 10.2 Å². The number of fused-ring (bicyclic) bond motifs is 2. The van der Waals surface area contributed by atoms with E-state index in [-0.39, 0.29) is 27.8 Å². The molecule has 1 N–H and O–H groups in total. The normalized spacial score (nSPS) is 15.5. The van der Waals surface area contributed by atoms with Crippen LogP contribution in [-0.2, 0) is 20.2 Å². The van der Waals surface area contributed by atoms with Crippen LogP contribution in [-0.4, -0.2) is 38.7 Å². The number of hydrogen-bond acceptors (Lipinski definition) is 7. The number of benzene rings is 3. The first-order valence-electron chi connectivity index (χ1n) is 13.2. The van der Waals surface area contributed by atoms with Gasteiger partial charge in [-0.1, -0.05) is 38.2 Å². The lowest BCUT2D eigenvalue weighted by molar-refractivity contribution is -0.122. The molecular formula is C30H33N3O6S2. The fourth-order valence-electron chi connectivity index (χ4n) is 4.78. The van der Waals surface area contributed by atoms with Gasteiger partial charge in [0.2, 0.25) is 0 Å². The Hall–Kier alpha value is -3.83. The topological polar surface area (TPSA) is 107 Å². The molecule has 5 rings (SSSR count). The van der Waals surface area contributed by atoms with Crippen molar-refractivity contribution >= 4 is 48.9 Å². The average Bonchev–Trinajstić information content (AvgIpc) is 3.26. The summed E-state index contributed by atoms with van der Waals surface area (Å²) < 4.78 is 42.8. The third kappa shape index (κ3) is 5.43. The highest BCUT2D eigenvalue weighted by molar-refractivity contribution is 7.92. The SMILES string of the molecule is COc1ccc(S(=O)(=O)N2CC(C(=O)Nc3ccc4c(c3)sc(=O)n4C(C)C)Oc3ccc(C(C)(C)C)cc32)cc1. The van der Waals surface area contributed by atoms with Gasteiger partial charge in [-0.15, -0.1) is 0 Å². The number of thiazole rings is 1. The Bertz CT molecular complexity index is 1780. The Morgan fingerprint density at radius 3 is 2.41 bits per heavy atom. The number of aromatic nitrogens is 1. The van der Waals surface area contributed by atoms with Crippen molar-refractivity contribution in [3.63, 3.8) is 0 Å². The summed E-state index contributed by atoms with van der Waals surface area (Å²) in [5.74, 6) is 0.328. The Morgan fingerprint density at radius 2 is 1.78 bits per heavy atom. The van der Waals surface area contributed by atoms with E-state index in [1.165, 1.54) is 23.5 Å². The zero-order valence-corrected chi connectivity index (χ0v) is 25.4. The molecule has 0 bridgehead atoms. The molecule has 11 heteroatoms. The van der Waals surface area contributed by atoms with Gasteiger partial charge in [-0.2, -0.15) is 0 Å². The van der Waals surface area contributed by atoms with Crippen molar-refractivity contribution in [2.45, 2.75) is 57.1 Å². The van der Waals surface area contributed by atoms with Gasteiger partial charge in [0.25, 0.3) is 15.9 Å². The maximum atomic E-state index is 13.9. The second-order valence-electron chi connectivity index (χ2n) is 11.3. The summed E-state index contributed by atoms with van der Waals surface area (Å²) in [6, 6.07) is 16.8. The molecule has 1 unspecified atom stereocenters. The van der Waals surface area contributed by atoms with E-state index >= 15 is 0 Å². The predicted octanol–water partition coefficient (Wildman–Crippen LogP) is 5.55. The maximum Gasteiger partial charge on any atom is 0.308 e.